The minimum Gasteiger partial charge on any atom is -0.388 e. The standard InChI is InChI=1S/C17H16F4O2/c1-10(16(23)12-4-8-14(18)9-5-12)15(22)11-2-6-13(7-3-11)17(19,20)21/h2-10,15-16,22-23H,1H3/t10-,15-,16-/m0/s1. The maximum absolute atomic E-state index is 12.9. The predicted molar refractivity (Wildman–Crippen MR) is 76.9 cm³/mol. The van der Waals surface area contributed by atoms with Crippen molar-refractivity contribution >= 4 is 0 Å². The predicted octanol–water partition coefficient (Wildman–Crippen LogP) is 4.25. The van der Waals surface area contributed by atoms with E-state index in [1.54, 1.807) is 6.92 Å². The Hall–Kier alpha value is -1.92. The smallest absolute Gasteiger partial charge is 0.388 e. The summed E-state index contributed by atoms with van der Waals surface area (Å²) < 4.78 is 50.5. The molecule has 0 aromatic heterocycles. The maximum atomic E-state index is 12.9. The average Bonchev–Trinajstić information content (AvgIpc) is 2.53. The topological polar surface area (TPSA) is 40.5 Å². The second kappa shape index (κ2) is 6.68. The fourth-order valence-electron chi connectivity index (χ4n) is 2.31. The van der Waals surface area contributed by atoms with Gasteiger partial charge in [0.25, 0.3) is 0 Å². The van der Waals surface area contributed by atoms with Crippen LogP contribution >= 0.6 is 0 Å². The Bertz CT molecular complexity index is 635. The van der Waals surface area contributed by atoms with Crippen molar-refractivity contribution in [2.45, 2.75) is 25.3 Å². The maximum Gasteiger partial charge on any atom is 0.416 e. The molecule has 0 amide bonds. The lowest BCUT2D eigenvalue weighted by Gasteiger charge is -2.25. The Balaban J connectivity index is 2.15. The van der Waals surface area contributed by atoms with Crippen molar-refractivity contribution in [1.29, 1.82) is 0 Å². The summed E-state index contributed by atoms with van der Waals surface area (Å²) in [6, 6.07) is 9.31. The van der Waals surface area contributed by atoms with E-state index in [0.717, 1.165) is 12.1 Å². The van der Waals surface area contributed by atoms with Crippen LogP contribution in [0.15, 0.2) is 48.5 Å². The summed E-state index contributed by atoms with van der Waals surface area (Å²) in [4.78, 5) is 0. The van der Waals surface area contributed by atoms with Crippen molar-refractivity contribution < 1.29 is 27.8 Å². The van der Waals surface area contributed by atoms with Crippen LogP contribution in [0.1, 0.15) is 35.8 Å². The largest absolute Gasteiger partial charge is 0.416 e. The number of hydrogen-bond acceptors (Lipinski definition) is 2. The summed E-state index contributed by atoms with van der Waals surface area (Å²) in [7, 11) is 0. The summed E-state index contributed by atoms with van der Waals surface area (Å²) >= 11 is 0. The zero-order valence-electron chi connectivity index (χ0n) is 12.3. The Morgan fingerprint density at radius 2 is 1.17 bits per heavy atom. The van der Waals surface area contributed by atoms with Gasteiger partial charge in [-0.25, -0.2) is 4.39 Å². The van der Waals surface area contributed by atoms with E-state index >= 15 is 0 Å². The van der Waals surface area contributed by atoms with Gasteiger partial charge in [-0.15, -0.1) is 0 Å². The number of aliphatic hydroxyl groups excluding tert-OH is 2. The minimum absolute atomic E-state index is 0.270. The van der Waals surface area contributed by atoms with Gasteiger partial charge < -0.3 is 10.2 Å². The summed E-state index contributed by atoms with van der Waals surface area (Å²) in [5.74, 6) is -1.13. The normalized spacial score (nSPS) is 16.0. The van der Waals surface area contributed by atoms with Crippen molar-refractivity contribution in [3.63, 3.8) is 0 Å². The first-order valence-electron chi connectivity index (χ1n) is 6.99. The molecule has 0 aliphatic rings. The first-order valence-corrected chi connectivity index (χ1v) is 6.99. The summed E-state index contributed by atoms with van der Waals surface area (Å²) in [6.07, 6.45) is -6.67. The minimum atomic E-state index is -4.44. The lowest BCUT2D eigenvalue weighted by Crippen LogP contribution is -2.18. The van der Waals surface area contributed by atoms with Crippen molar-refractivity contribution in [3.05, 3.63) is 71.0 Å². The van der Waals surface area contributed by atoms with E-state index in [1.807, 2.05) is 0 Å². The van der Waals surface area contributed by atoms with E-state index in [1.165, 1.54) is 36.4 Å². The zero-order chi connectivity index (χ0) is 17.2. The monoisotopic (exact) mass is 328 g/mol. The summed E-state index contributed by atoms with van der Waals surface area (Å²) in [5, 5.41) is 20.5. The fraction of sp³-hybridized carbons (Fsp3) is 0.294. The van der Waals surface area contributed by atoms with E-state index in [0.29, 0.717) is 5.56 Å². The zero-order valence-corrected chi connectivity index (χ0v) is 12.3. The molecule has 0 heterocycles. The Kier molecular flexibility index (Phi) is 5.06. The highest BCUT2D eigenvalue weighted by Crippen LogP contribution is 2.34. The lowest BCUT2D eigenvalue weighted by molar-refractivity contribution is -0.137. The van der Waals surface area contributed by atoms with E-state index in [-0.39, 0.29) is 5.56 Å². The van der Waals surface area contributed by atoms with Crippen LogP contribution in [0.4, 0.5) is 17.6 Å². The quantitative estimate of drug-likeness (QED) is 0.824. The van der Waals surface area contributed by atoms with Crippen LogP contribution < -0.4 is 0 Å². The van der Waals surface area contributed by atoms with Crippen LogP contribution in [0.5, 0.6) is 0 Å². The third kappa shape index (κ3) is 4.09. The van der Waals surface area contributed by atoms with Crippen molar-refractivity contribution in [3.8, 4) is 0 Å². The number of rotatable bonds is 4. The van der Waals surface area contributed by atoms with Crippen LogP contribution in [0.2, 0.25) is 0 Å². The molecule has 0 saturated heterocycles. The van der Waals surface area contributed by atoms with Gasteiger partial charge in [0.15, 0.2) is 0 Å². The first kappa shape index (κ1) is 17.4. The van der Waals surface area contributed by atoms with Gasteiger partial charge in [0.05, 0.1) is 17.8 Å². The molecule has 0 bridgehead atoms. The van der Waals surface area contributed by atoms with Gasteiger partial charge in [-0.1, -0.05) is 31.2 Å². The fourth-order valence-corrected chi connectivity index (χ4v) is 2.31. The van der Waals surface area contributed by atoms with E-state index in [9.17, 15) is 27.8 Å². The summed E-state index contributed by atoms with van der Waals surface area (Å²) in [6.45, 7) is 1.57. The van der Waals surface area contributed by atoms with Crippen molar-refractivity contribution in [2.24, 2.45) is 5.92 Å². The number of alkyl halides is 3. The molecule has 2 aromatic rings. The van der Waals surface area contributed by atoms with Crippen LogP contribution in [0.3, 0.4) is 0 Å². The Morgan fingerprint density at radius 1 is 0.783 bits per heavy atom. The first-order chi connectivity index (χ1) is 10.7. The molecule has 23 heavy (non-hydrogen) atoms. The van der Waals surface area contributed by atoms with Gasteiger partial charge in [-0.3, -0.25) is 0 Å². The highest BCUT2D eigenvalue weighted by molar-refractivity contribution is 5.27. The van der Waals surface area contributed by atoms with Crippen molar-refractivity contribution in [2.75, 3.05) is 0 Å². The molecule has 0 spiro atoms. The van der Waals surface area contributed by atoms with Gasteiger partial charge in [0.2, 0.25) is 0 Å². The molecule has 0 unspecified atom stereocenters. The SMILES string of the molecule is C[C@H]([C@H](O)c1ccc(F)cc1)[C@H](O)c1ccc(C(F)(F)F)cc1. The van der Waals surface area contributed by atoms with Gasteiger partial charge in [-0.05, 0) is 35.4 Å². The second-order valence-corrected chi connectivity index (χ2v) is 5.42. The van der Waals surface area contributed by atoms with Crippen LogP contribution in [-0.2, 0) is 6.18 Å². The number of aliphatic hydroxyl groups is 2. The molecule has 3 atom stereocenters. The highest BCUT2D eigenvalue weighted by atomic mass is 19.4. The molecular weight excluding hydrogens is 312 g/mol. The number of halogens is 4. The number of benzene rings is 2. The highest BCUT2D eigenvalue weighted by Gasteiger charge is 2.31. The summed E-state index contributed by atoms with van der Waals surface area (Å²) in [5.41, 5.74) is -0.114. The third-order valence-corrected chi connectivity index (χ3v) is 3.79. The van der Waals surface area contributed by atoms with E-state index in [4.69, 9.17) is 0 Å². The molecule has 0 aliphatic carbocycles. The Morgan fingerprint density at radius 3 is 1.57 bits per heavy atom. The third-order valence-electron chi connectivity index (χ3n) is 3.79. The molecule has 0 aliphatic heterocycles. The molecule has 2 aromatic carbocycles. The van der Waals surface area contributed by atoms with Gasteiger partial charge in [-0.2, -0.15) is 13.2 Å². The molecule has 6 heteroatoms. The lowest BCUT2D eigenvalue weighted by atomic mass is 9.88. The molecule has 2 nitrogen and oxygen atoms in total. The molecule has 0 fully saturated rings. The molecule has 124 valence electrons. The molecule has 0 saturated carbocycles. The number of hydrogen-bond donors (Lipinski definition) is 2. The van der Waals surface area contributed by atoms with Crippen LogP contribution in [0, 0.1) is 11.7 Å². The molecule has 0 radical (unpaired) electrons. The Labute approximate surface area is 131 Å². The van der Waals surface area contributed by atoms with E-state index in [2.05, 4.69) is 0 Å². The average molecular weight is 328 g/mol. The van der Waals surface area contributed by atoms with Crippen LogP contribution in [-0.4, -0.2) is 10.2 Å². The van der Waals surface area contributed by atoms with Crippen molar-refractivity contribution in [1.82, 2.24) is 0 Å². The van der Waals surface area contributed by atoms with Crippen LogP contribution in [0.25, 0.3) is 0 Å². The molecule has 2 N–H and O–H groups in total. The molecule has 2 rings (SSSR count). The van der Waals surface area contributed by atoms with Gasteiger partial charge in [0, 0.05) is 5.92 Å². The molecular formula is C17H16F4O2. The van der Waals surface area contributed by atoms with E-state index < -0.39 is 35.7 Å². The van der Waals surface area contributed by atoms with Gasteiger partial charge in [0.1, 0.15) is 5.82 Å². The van der Waals surface area contributed by atoms with Gasteiger partial charge >= 0.3 is 6.18 Å². The second-order valence-electron chi connectivity index (χ2n) is 5.42.